The zero-order valence-corrected chi connectivity index (χ0v) is 16.9. The lowest BCUT2D eigenvalue weighted by atomic mass is 9.99. The summed E-state index contributed by atoms with van der Waals surface area (Å²) in [5, 5.41) is 20.5. The molecule has 2 N–H and O–H groups in total. The lowest BCUT2D eigenvalue weighted by Crippen LogP contribution is -2.46. The molecule has 1 aliphatic heterocycles. The van der Waals surface area contributed by atoms with Crippen LogP contribution in [0.1, 0.15) is 17.7 Å². The minimum atomic E-state index is -0.605. The van der Waals surface area contributed by atoms with Gasteiger partial charge in [0.15, 0.2) is 5.58 Å². The molecular formula is C23H24N4O3. The zero-order chi connectivity index (χ0) is 20.9. The normalized spacial score (nSPS) is 17.8. The number of carbonyl (C=O) groups is 1. The second-order valence-electron chi connectivity index (χ2n) is 7.49. The zero-order valence-electron chi connectivity index (χ0n) is 16.9. The monoisotopic (exact) mass is 404 g/mol. The average molecular weight is 404 g/mol. The summed E-state index contributed by atoms with van der Waals surface area (Å²) in [6, 6.07) is 15.6. The highest BCUT2D eigenvalue weighted by Crippen LogP contribution is 2.26. The van der Waals surface area contributed by atoms with E-state index in [4.69, 9.17) is 9.26 Å². The van der Waals surface area contributed by atoms with Crippen LogP contribution in [0.4, 0.5) is 0 Å². The number of benzene rings is 2. The van der Waals surface area contributed by atoms with Crippen molar-refractivity contribution in [1.29, 1.82) is 5.26 Å². The van der Waals surface area contributed by atoms with E-state index >= 15 is 0 Å². The fourth-order valence-corrected chi connectivity index (χ4v) is 3.58. The minimum Gasteiger partial charge on any atom is -0.367 e. The van der Waals surface area contributed by atoms with Crippen molar-refractivity contribution in [3.05, 3.63) is 53.7 Å². The summed E-state index contributed by atoms with van der Waals surface area (Å²) in [7, 11) is 0. The lowest BCUT2D eigenvalue weighted by molar-refractivity contribution is -0.132. The molecule has 3 aromatic rings. The standard InChI is InChI=1S/C23H24N4O3/c1-15-20-12-18(7-8-21(20)30-27-15)17-5-3-16(4-6-17)11-19(13-24)26-23(28)22-14-25-9-2-10-29-22/h3-8,12,19,22,25H,2,9-11,14H2,1H3,(H,26,28)/t19-,22?/m0/s1. The predicted molar refractivity (Wildman–Crippen MR) is 113 cm³/mol. The Balaban J connectivity index is 1.41. The Hall–Kier alpha value is -3.21. The van der Waals surface area contributed by atoms with Crippen LogP contribution in [0.2, 0.25) is 0 Å². The molecule has 154 valence electrons. The van der Waals surface area contributed by atoms with Gasteiger partial charge in [-0.05, 0) is 48.7 Å². The molecule has 0 radical (unpaired) electrons. The van der Waals surface area contributed by atoms with Crippen molar-refractivity contribution in [2.75, 3.05) is 19.7 Å². The summed E-state index contributed by atoms with van der Waals surface area (Å²) in [5.74, 6) is -0.245. The molecule has 0 aliphatic carbocycles. The predicted octanol–water partition coefficient (Wildman–Crippen LogP) is 2.73. The molecule has 2 aromatic carbocycles. The summed E-state index contributed by atoms with van der Waals surface area (Å²) in [6.07, 6.45) is 0.759. The van der Waals surface area contributed by atoms with E-state index in [1.807, 2.05) is 43.3 Å². The van der Waals surface area contributed by atoms with Gasteiger partial charge in [-0.2, -0.15) is 5.26 Å². The molecule has 4 rings (SSSR count). The third-order valence-electron chi connectivity index (χ3n) is 5.29. The van der Waals surface area contributed by atoms with Crippen molar-refractivity contribution in [3.8, 4) is 17.2 Å². The van der Waals surface area contributed by atoms with Gasteiger partial charge in [-0.3, -0.25) is 4.79 Å². The molecule has 1 aromatic heterocycles. The third kappa shape index (κ3) is 4.51. The minimum absolute atomic E-state index is 0.245. The van der Waals surface area contributed by atoms with Crippen molar-refractivity contribution in [2.45, 2.75) is 31.9 Å². The van der Waals surface area contributed by atoms with Gasteiger partial charge < -0.3 is 19.9 Å². The molecule has 1 saturated heterocycles. The molecule has 1 unspecified atom stereocenters. The fraction of sp³-hybridized carbons (Fsp3) is 0.348. The molecule has 1 fully saturated rings. The van der Waals surface area contributed by atoms with Crippen LogP contribution >= 0.6 is 0 Å². The molecule has 7 heteroatoms. The number of carbonyl (C=O) groups excluding carboxylic acids is 1. The summed E-state index contributed by atoms with van der Waals surface area (Å²) in [6.45, 7) is 3.77. The van der Waals surface area contributed by atoms with E-state index in [9.17, 15) is 10.1 Å². The number of nitrogens with zero attached hydrogens (tertiary/aromatic N) is 2. The van der Waals surface area contributed by atoms with Crippen LogP contribution in [0, 0.1) is 18.3 Å². The highest BCUT2D eigenvalue weighted by atomic mass is 16.5. The SMILES string of the molecule is Cc1noc2ccc(-c3ccc(C[C@@H](C#N)NC(=O)C4CNCCCO4)cc3)cc12. The molecular weight excluding hydrogens is 380 g/mol. The number of nitrogens with one attached hydrogen (secondary N) is 2. The van der Waals surface area contributed by atoms with Gasteiger partial charge in [-0.15, -0.1) is 0 Å². The smallest absolute Gasteiger partial charge is 0.251 e. The second kappa shape index (κ2) is 9.08. The van der Waals surface area contributed by atoms with E-state index in [-0.39, 0.29) is 5.91 Å². The van der Waals surface area contributed by atoms with Crippen molar-refractivity contribution < 1.29 is 14.1 Å². The Bertz CT molecular complexity index is 1060. The largest absolute Gasteiger partial charge is 0.367 e. The van der Waals surface area contributed by atoms with Gasteiger partial charge in [-0.25, -0.2) is 0 Å². The number of aryl methyl sites for hydroxylation is 1. The van der Waals surface area contributed by atoms with Crippen LogP contribution in [-0.2, 0) is 16.0 Å². The number of hydrogen-bond donors (Lipinski definition) is 2. The third-order valence-corrected chi connectivity index (χ3v) is 5.29. The van der Waals surface area contributed by atoms with Crippen molar-refractivity contribution in [2.24, 2.45) is 0 Å². The van der Waals surface area contributed by atoms with Crippen LogP contribution in [0.5, 0.6) is 0 Å². The van der Waals surface area contributed by atoms with Crippen LogP contribution in [0.25, 0.3) is 22.1 Å². The Kier molecular flexibility index (Phi) is 6.07. The lowest BCUT2D eigenvalue weighted by Gasteiger charge is -2.18. The molecule has 30 heavy (non-hydrogen) atoms. The van der Waals surface area contributed by atoms with Crippen LogP contribution in [0.15, 0.2) is 47.0 Å². The highest BCUT2D eigenvalue weighted by Gasteiger charge is 2.23. The molecule has 1 amide bonds. The Morgan fingerprint density at radius 1 is 1.30 bits per heavy atom. The number of rotatable bonds is 5. The van der Waals surface area contributed by atoms with Gasteiger partial charge in [0.25, 0.3) is 5.91 Å². The summed E-state index contributed by atoms with van der Waals surface area (Å²) in [4.78, 5) is 12.4. The van der Waals surface area contributed by atoms with Crippen LogP contribution in [-0.4, -0.2) is 42.9 Å². The molecule has 0 saturated carbocycles. The van der Waals surface area contributed by atoms with Crippen molar-refractivity contribution in [1.82, 2.24) is 15.8 Å². The van der Waals surface area contributed by atoms with Crippen LogP contribution in [0.3, 0.4) is 0 Å². The van der Waals surface area contributed by atoms with Gasteiger partial charge in [0, 0.05) is 25.0 Å². The van der Waals surface area contributed by atoms with Gasteiger partial charge in [0.05, 0.1) is 11.8 Å². The number of ether oxygens (including phenoxy) is 1. The molecule has 2 atom stereocenters. The summed E-state index contributed by atoms with van der Waals surface area (Å²) in [5.41, 5.74) is 4.75. The first-order chi connectivity index (χ1) is 14.6. The summed E-state index contributed by atoms with van der Waals surface area (Å²) >= 11 is 0. The quantitative estimate of drug-likeness (QED) is 0.678. The number of hydrogen-bond acceptors (Lipinski definition) is 6. The van der Waals surface area contributed by atoms with E-state index < -0.39 is 12.1 Å². The van der Waals surface area contributed by atoms with E-state index in [1.54, 1.807) is 0 Å². The van der Waals surface area contributed by atoms with Crippen molar-refractivity contribution >= 4 is 16.9 Å². The molecule has 2 heterocycles. The van der Waals surface area contributed by atoms with Crippen molar-refractivity contribution in [3.63, 3.8) is 0 Å². The number of aromatic nitrogens is 1. The first kappa shape index (κ1) is 20.1. The maximum atomic E-state index is 12.4. The average Bonchev–Trinajstić information content (AvgIpc) is 2.96. The first-order valence-electron chi connectivity index (χ1n) is 10.1. The maximum absolute atomic E-state index is 12.4. The Labute approximate surface area is 175 Å². The molecule has 0 spiro atoms. The maximum Gasteiger partial charge on any atom is 0.251 e. The van der Waals surface area contributed by atoms with E-state index in [1.165, 1.54) is 0 Å². The molecule has 1 aliphatic rings. The molecule has 0 bridgehead atoms. The first-order valence-corrected chi connectivity index (χ1v) is 10.1. The van der Waals surface area contributed by atoms with E-state index in [2.05, 4.69) is 27.9 Å². The number of nitriles is 1. The topological polar surface area (TPSA) is 100 Å². The van der Waals surface area contributed by atoms with E-state index in [0.717, 1.165) is 46.3 Å². The second-order valence-corrected chi connectivity index (χ2v) is 7.49. The van der Waals surface area contributed by atoms with Crippen LogP contribution < -0.4 is 10.6 Å². The van der Waals surface area contributed by atoms with Gasteiger partial charge in [0.1, 0.15) is 12.1 Å². The highest BCUT2D eigenvalue weighted by molar-refractivity contribution is 5.85. The van der Waals surface area contributed by atoms with Gasteiger partial charge >= 0.3 is 0 Å². The fourth-order valence-electron chi connectivity index (χ4n) is 3.58. The summed E-state index contributed by atoms with van der Waals surface area (Å²) < 4.78 is 10.8. The molecule has 7 nitrogen and oxygen atoms in total. The van der Waals surface area contributed by atoms with Gasteiger partial charge in [-0.1, -0.05) is 35.5 Å². The Morgan fingerprint density at radius 2 is 2.10 bits per heavy atom. The number of amides is 1. The van der Waals surface area contributed by atoms with E-state index in [0.29, 0.717) is 19.6 Å². The van der Waals surface area contributed by atoms with Gasteiger partial charge in [0.2, 0.25) is 0 Å². The number of fused-ring (bicyclic) bond motifs is 1. The Morgan fingerprint density at radius 3 is 2.90 bits per heavy atom.